The fourth-order valence-corrected chi connectivity index (χ4v) is 4.68. The van der Waals surface area contributed by atoms with E-state index in [0.29, 0.717) is 17.6 Å². The zero-order valence-corrected chi connectivity index (χ0v) is 14.7. The molecule has 118 valence electrons. The minimum Gasteiger partial charge on any atom is -0.494 e. The lowest BCUT2D eigenvalue weighted by Crippen LogP contribution is -2.29. The number of nitrogens with one attached hydrogen (secondary N) is 1. The maximum Gasteiger partial charge on any atom is 0.235 e. The zero-order chi connectivity index (χ0) is 15.3. The first kappa shape index (κ1) is 16.6. The molecule has 0 bridgehead atoms. The summed E-state index contributed by atoms with van der Waals surface area (Å²) >= 11 is 3.41. The van der Waals surface area contributed by atoms with Crippen LogP contribution in [-0.4, -0.2) is 20.3 Å². The maximum atomic E-state index is 12.4. The van der Waals surface area contributed by atoms with Crippen molar-refractivity contribution in [3.8, 4) is 5.75 Å². The van der Waals surface area contributed by atoms with E-state index >= 15 is 0 Å². The third kappa shape index (κ3) is 4.36. The van der Waals surface area contributed by atoms with Crippen LogP contribution >= 0.6 is 15.9 Å². The number of benzene rings is 1. The Balaban J connectivity index is 2.14. The summed E-state index contributed by atoms with van der Waals surface area (Å²) < 4.78 is 33.1. The molecule has 2 rings (SSSR count). The highest BCUT2D eigenvalue weighted by Crippen LogP contribution is 2.28. The van der Waals surface area contributed by atoms with Gasteiger partial charge in [0.2, 0.25) is 10.0 Å². The van der Waals surface area contributed by atoms with Crippen molar-refractivity contribution in [3.63, 3.8) is 0 Å². The van der Waals surface area contributed by atoms with Crippen molar-refractivity contribution in [2.45, 2.75) is 49.6 Å². The molecule has 1 fully saturated rings. The lowest BCUT2D eigenvalue weighted by atomic mass is 10.0. The average Bonchev–Trinajstić information content (AvgIpc) is 2.49. The Morgan fingerprint density at radius 1 is 1.29 bits per heavy atom. The van der Waals surface area contributed by atoms with Crippen molar-refractivity contribution in [2.75, 3.05) is 11.3 Å². The van der Waals surface area contributed by atoms with E-state index in [1.54, 1.807) is 6.07 Å². The first-order valence-electron chi connectivity index (χ1n) is 7.40. The Bertz CT molecular complexity index is 568. The van der Waals surface area contributed by atoms with Gasteiger partial charge in [-0.15, -0.1) is 0 Å². The predicted molar refractivity (Wildman–Crippen MR) is 89.7 cm³/mol. The summed E-state index contributed by atoms with van der Waals surface area (Å²) in [5.74, 6) is 0.787. The van der Waals surface area contributed by atoms with Crippen LogP contribution in [0.4, 0.5) is 5.69 Å². The molecule has 0 aromatic heterocycles. The molecular formula is C15H22BrNO3S. The van der Waals surface area contributed by atoms with Crippen LogP contribution in [-0.2, 0) is 15.4 Å². The molecule has 0 heterocycles. The molecule has 21 heavy (non-hydrogen) atoms. The standard InChI is InChI=1S/C15H22BrNO3S/c1-2-20-15-9-8-13(10-12(15)11-16)17-21(18,19)14-6-4-3-5-7-14/h8-10,14,17H,2-7,11H2,1H3. The van der Waals surface area contributed by atoms with Gasteiger partial charge < -0.3 is 4.74 Å². The minimum absolute atomic E-state index is 0.259. The molecule has 0 aliphatic heterocycles. The Morgan fingerprint density at radius 2 is 2.00 bits per heavy atom. The summed E-state index contributed by atoms with van der Waals surface area (Å²) in [4.78, 5) is 0. The largest absolute Gasteiger partial charge is 0.494 e. The number of sulfonamides is 1. The first-order valence-corrected chi connectivity index (χ1v) is 10.1. The van der Waals surface area contributed by atoms with Gasteiger partial charge in [0.05, 0.1) is 11.9 Å². The fourth-order valence-electron chi connectivity index (χ4n) is 2.67. The number of anilines is 1. The first-order chi connectivity index (χ1) is 10.1. The Kier molecular flexibility index (Phi) is 5.93. The summed E-state index contributed by atoms with van der Waals surface area (Å²) in [6.07, 6.45) is 4.67. The van der Waals surface area contributed by atoms with Gasteiger partial charge in [0, 0.05) is 16.6 Å². The molecule has 0 radical (unpaired) electrons. The second-order valence-electron chi connectivity index (χ2n) is 5.30. The van der Waals surface area contributed by atoms with Crippen LogP contribution in [0.5, 0.6) is 5.75 Å². The van der Waals surface area contributed by atoms with Crippen LogP contribution in [0.25, 0.3) is 0 Å². The summed E-state index contributed by atoms with van der Waals surface area (Å²) in [5, 5.41) is 0.367. The van der Waals surface area contributed by atoms with E-state index in [2.05, 4.69) is 20.7 Å². The summed E-state index contributed by atoms with van der Waals surface area (Å²) in [5.41, 5.74) is 1.55. The maximum absolute atomic E-state index is 12.4. The lowest BCUT2D eigenvalue weighted by Gasteiger charge is -2.22. The molecule has 0 saturated heterocycles. The fraction of sp³-hybridized carbons (Fsp3) is 0.600. The van der Waals surface area contributed by atoms with Crippen molar-refractivity contribution < 1.29 is 13.2 Å². The predicted octanol–water partition coefficient (Wildman–Crippen LogP) is 4.05. The van der Waals surface area contributed by atoms with Gasteiger partial charge in [-0.05, 0) is 38.0 Å². The van der Waals surface area contributed by atoms with Crippen LogP contribution in [0.15, 0.2) is 18.2 Å². The molecule has 4 nitrogen and oxygen atoms in total. The lowest BCUT2D eigenvalue weighted by molar-refractivity contribution is 0.338. The Hall–Kier alpha value is -0.750. The van der Waals surface area contributed by atoms with E-state index in [1.165, 1.54) is 0 Å². The van der Waals surface area contributed by atoms with Gasteiger partial charge in [-0.25, -0.2) is 8.42 Å². The Morgan fingerprint density at radius 3 is 2.62 bits per heavy atom. The summed E-state index contributed by atoms with van der Waals surface area (Å²) in [6.45, 7) is 2.52. The summed E-state index contributed by atoms with van der Waals surface area (Å²) in [7, 11) is -3.29. The normalized spacial score (nSPS) is 16.7. The van der Waals surface area contributed by atoms with Crippen LogP contribution in [0.1, 0.15) is 44.6 Å². The van der Waals surface area contributed by atoms with Crippen LogP contribution in [0.3, 0.4) is 0 Å². The molecule has 1 saturated carbocycles. The smallest absolute Gasteiger partial charge is 0.235 e. The van der Waals surface area contributed by atoms with Gasteiger partial charge in [0.25, 0.3) is 0 Å². The van der Waals surface area contributed by atoms with Gasteiger partial charge in [-0.3, -0.25) is 4.72 Å². The number of hydrogen-bond acceptors (Lipinski definition) is 3. The van der Waals surface area contributed by atoms with Crippen molar-refractivity contribution in [3.05, 3.63) is 23.8 Å². The van der Waals surface area contributed by atoms with Crippen molar-refractivity contribution >= 4 is 31.6 Å². The monoisotopic (exact) mass is 375 g/mol. The highest BCUT2D eigenvalue weighted by atomic mass is 79.9. The third-order valence-corrected chi connectivity index (χ3v) is 6.23. The number of halogens is 1. The number of alkyl halides is 1. The van der Waals surface area contributed by atoms with Gasteiger partial charge >= 0.3 is 0 Å². The minimum atomic E-state index is -3.29. The molecule has 1 aliphatic rings. The topological polar surface area (TPSA) is 55.4 Å². The van der Waals surface area contributed by atoms with Crippen molar-refractivity contribution in [1.82, 2.24) is 0 Å². The Labute approximate surface area is 135 Å². The van der Waals surface area contributed by atoms with Crippen molar-refractivity contribution in [1.29, 1.82) is 0 Å². The van der Waals surface area contributed by atoms with Crippen molar-refractivity contribution in [2.24, 2.45) is 0 Å². The zero-order valence-electron chi connectivity index (χ0n) is 12.3. The van der Waals surface area contributed by atoms with E-state index in [4.69, 9.17) is 4.74 Å². The third-order valence-electron chi connectivity index (χ3n) is 3.76. The number of ether oxygens (including phenoxy) is 1. The molecule has 0 atom stereocenters. The molecule has 6 heteroatoms. The average molecular weight is 376 g/mol. The highest BCUT2D eigenvalue weighted by Gasteiger charge is 2.27. The molecule has 1 aromatic carbocycles. The quantitative estimate of drug-likeness (QED) is 0.762. The molecule has 1 N–H and O–H groups in total. The molecule has 1 aliphatic carbocycles. The van der Waals surface area contributed by atoms with E-state index in [0.717, 1.165) is 43.4 Å². The number of hydrogen-bond donors (Lipinski definition) is 1. The van der Waals surface area contributed by atoms with E-state index < -0.39 is 10.0 Å². The van der Waals surface area contributed by atoms with Crippen LogP contribution < -0.4 is 9.46 Å². The van der Waals surface area contributed by atoms with Gasteiger partial charge in [0.1, 0.15) is 5.75 Å². The van der Waals surface area contributed by atoms with Gasteiger partial charge in [-0.2, -0.15) is 0 Å². The molecule has 0 unspecified atom stereocenters. The van der Waals surface area contributed by atoms with Crippen LogP contribution in [0.2, 0.25) is 0 Å². The van der Waals surface area contributed by atoms with E-state index in [9.17, 15) is 8.42 Å². The van der Waals surface area contributed by atoms with Gasteiger partial charge in [0.15, 0.2) is 0 Å². The molecular weight excluding hydrogens is 354 g/mol. The number of rotatable bonds is 6. The second kappa shape index (κ2) is 7.49. The molecule has 0 amide bonds. The van der Waals surface area contributed by atoms with Gasteiger partial charge in [-0.1, -0.05) is 35.2 Å². The summed E-state index contributed by atoms with van der Waals surface area (Å²) in [6, 6.07) is 5.41. The van der Waals surface area contributed by atoms with Crippen LogP contribution in [0, 0.1) is 0 Å². The van der Waals surface area contributed by atoms with E-state index in [1.807, 2.05) is 19.1 Å². The molecule has 1 aromatic rings. The SMILES string of the molecule is CCOc1ccc(NS(=O)(=O)C2CCCCC2)cc1CBr. The van der Waals surface area contributed by atoms with E-state index in [-0.39, 0.29) is 5.25 Å². The second-order valence-corrected chi connectivity index (χ2v) is 7.82. The highest BCUT2D eigenvalue weighted by molar-refractivity contribution is 9.08. The molecule has 0 spiro atoms.